The van der Waals surface area contributed by atoms with Crippen LogP contribution in [-0.2, 0) is 0 Å². The van der Waals surface area contributed by atoms with Gasteiger partial charge in [-0.1, -0.05) is 26.0 Å². The highest BCUT2D eigenvalue weighted by Gasteiger charge is 1.89. The third-order valence-electron chi connectivity index (χ3n) is 1.23. The lowest BCUT2D eigenvalue weighted by Crippen LogP contribution is -1.93. The van der Waals surface area contributed by atoms with Gasteiger partial charge in [-0.3, -0.25) is 0 Å². The van der Waals surface area contributed by atoms with Gasteiger partial charge in [-0.25, -0.2) is 0 Å². The van der Waals surface area contributed by atoms with Crippen LogP contribution in [0.2, 0.25) is 0 Å². The lowest BCUT2D eigenvalue weighted by molar-refractivity contribution is 1.50. The van der Waals surface area contributed by atoms with E-state index in [0.29, 0.717) is 0 Å². The van der Waals surface area contributed by atoms with Crippen LogP contribution in [0, 0.1) is 0 Å². The van der Waals surface area contributed by atoms with Crippen LogP contribution >= 0.6 is 0 Å². The van der Waals surface area contributed by atoms with Crippen LogP contribution < -0.4 is 11.1 Å². The van der Waals surface area contributed by atoms with E-state index in [2.05, 4.69) is 18.5 Å². The molecular formula is C11H20N2. The first kappa shape index (κ1) is 14.1. The van der Waals surface area contributed by atoms with Gasteiger partial charge in [-0.05, 0) is 12.1 Å². The summed E-state index contributed by atoms with van der Waals surface area (Å²) in [5, 5.41) is 2.97. The van der Waals surface area contributed by atoms with Crippen molar-refractivity contribution in [2.24, 2.45) is 0 Å². The van der Waals surface area contributed by atoms with Crippen molar-refractivity contribution in [3.05, 3.63) is 37.4 Å². The number of benzene rings is 1. The number of hydrogen-bond donors (Lipinski definition) is 2. The number of nitrogen functional groups attached to an aromatic ring is 1. The third kappa shape index (κ3) is 5.79. The van der Waals surface area contributed by atoms with Crippen LogP contribution in [0.5, 0.6) is 0 Å². The Hall–Kier alpha value is -1.44. The van der Waals surface area contributed by atoms with Crippen LogP contribution in [0.25, 0.3) is 0 Å². The van der Waals surface area contributed by atoms with E-state index >= 15 is 0 Å². The van der Waals surface area contributed by atoms with Gasteiger partial charge in [0, 0.05) is 7.05 Å². The van der Waals surface area contributed by atoms with Crippen molar-refractivity contribution < 1.29 is 0 Å². The smallest absolute Gasteiger partial charge is 0.0571 e. The van der Waals surface area contributed by atoms with E-state index in [1.807, 2.05) is 45.2 Å². The van der Waals surface area contributed by atoms with Gasteiger partial charge in [0.25, 0.3) is 0 Å². The zero-order valence-electron chi connectivity index (χ0n) is 8.80. The van der Waals surface area contributed by atoms with Crippen LogP contribution in [0.1, 0.15) is 13.8 Å². The first-order valence-corrected chi connectivity index (χ1v) is 4.37. The molecule has 0 fully saturated rings. The Kier molecular flexibility index (Phi) is 11.5. The van der Waals surface area contributed by atoms with Crippen molar-refractivity contribution in [3.63, 3.8) is 0 Å². The monoisotopic (exact) mass is 180 g/mol. The van der Waals surface area contributed by atoms with Gasteiger partial charge in [0.15, 0.2) is 0 Å². The fraction of sp³-hybridized carbons (Fsp3) is 0.273. The van der Waals surface area contributed by atoms with E-state index in [0.717, 1.165) is 11.4 Å². The molecule has 1 aromatic rings. The molecule has 0 saturated carbocycles. The lowest BCUT2D eigenvalue weighted by Gasteiger charge is -2.01. The van der Waals surface area contributed by atoms with Crippen LogP contribution in [0.15, 0.2) is 37.4 Å². The summed E-state index contributed by atoms with van der Waals surface area (Å²) >= 11 is 0. The molecule has 0 aromatic heterocycles. The minimum Gasteiger partial charge on any atom is -0.397 e. The average molecular weight is 180 g/mol. The van der Waals surface area contributed by atoms with Gasteiger partial charge in [-0.2, -0.15) is 0 Å². The Morgan fingerprint density at radius 1 is 1.15 bits per heavy atom. The van der Waals surface area contributed by atoms with Gasteiger partial charge in [0.2, 0.25) is 0 Å². The summed E-state index contributed by atoms with van der Waals surface area (Å²) in [6.45, 7) is 10.0. The summed E-state index contributed by atoms with van der Waals surface area (Å²) in [5.74, 6) is 0. The van der Waals surface area contributed by atoms with E-state index < -0.39 is 0 Å². The topological polar surface area (TPSA) is 38.0 Å². The Balaban J connectivity index is 0. The molecule has 3 N–H and O–H groups in total. The number of nitrogens with one attached hydrogen (secondary N) is 1. The third-order valence-corrected chi connectivity index (χ3v) is 1.23. The van der Waals surface area contributed by atoms with Crippen LogP contribution in [-0.4, -0.2) is 7.05 Å². The highest BCUT2D eigenvalue weighted by Crippen LogP contribution is 2.14. The van der Waals surface area contributed by atoms with Crippen molar-refractivity contribution in [1.82, 2.24) is 0 Å². The number of anilines is 2. The standard InChI is InChI=1S/C7H10N2.C2H6.C2H4/c1-9-7-5-3-2-4-6(7)8;2*1-2/h2-5,9H,8H2,1H3;1-2H3;1-2H2. The summed E-state index contributed by atoms with van der Waals surface area (Å²) in [5.41, 5.74) is 7.34. The van der Waals surface area contributed by atoms with E-state index in [4.69, 9.17) is 5.73 Å². The van der Waals surface area contributed by atoms with Gasteiger partial charge in [0.1, 0.15) is 0 Å². The fourth-order valence-corrected chi connectivity index (χ4v) is 0.725. The van der Waals surface area contributed by atoms with Crippen molar-refractivity contribution in [3.8, 4) is 0 Å². The van der Waals surface area contributed by atoms with Crippen molar-refractivity contribution in [1.29, 1.82) is 0 Å². The molecule has 13 heavy (non-hydrogen) atoms. The first-order chi connectivity index (χ1) is 6.34. The fourth-order valence-electron chi connectivity index (χ4n) is 0.725. The molecule has 0 aliphatic heterocycles. The first-order valence-electron chi connectivity index (χ1n) is 4.37. The molecule has 1 rings (SSSR count). The van der Waals surface area contributed by atoms with E-state index in [1.165, 1.54) is 0 Å². The Morgan fingerprint density at radius 2 is 1.62 bits per heavy atom. The number of para-hydroxylation sites is 2. The van der Waals surface area contributed by atoms with Gasteiger partial charge >= 0.3 is 0 Å². The van der Waals surface area contributed by atoms with Crippen molar-refractivity contribution >= 4 is 11.4 Å². The quantitative estimate of drug-likeness (QED) is 0.514. The van der Waals surface area contributed by atoms with Crippen molar-refractivity contribution in [2.75, 3.05) is 18.1 Å². The summed E-state index contributed by atoms with van der Waals surface area (Å²) in [6.07, 6.45) is 0. The number of nitrogens with two attached hydrogens (primary N) is 1. The van der Waals surface area contributed by atoms with Gasteiger partial charge in [0.05, 0.1) is 11.4 Å². The zero-order chi connectivity index (χ0) is 10.7. The van der Waals surface area contributed by atoms with Crippen LogP contribution in [0.4, 0.5) is 11.4 Å². The molecule has 0 amide bonds. The maximum Gasteiger partial charge on any atom is 0.0571 e. The number of hydrogen-bond acceptors (Lipinski definition) is 2. The average Bonchev–Trinajstić information content (AvgIpc) is 2.24. The van der Waals surface area contributed by atoms with Gasteiger partial charge in [-0.15, -0.1) is 13.2 Å². The second kappa shape index (κ2) is 10.6. The predicted molar refractivity (Wildman–Crippen MR) is 63.0 cm³/mol. The minimum atomic E-state index is 0.792. The molecule has 0 atom stereocenters. The molecule has 0 aliphatic rings. The molecular weight excluding hydrogens is 160 g/mol. The maximum absolute atomic E-state index is 5.57. The molecule has 1 aromatic carbocycles. The molecule has 0 aliphatic carbocycles. The minimum absolute atomic E-state index is 0.792. The summed E-state index contributed by atoms with van der Waals surface area (Å²) in [6, 6.07) is 7.67. The molecule has 0 unspecified atom stereocenters. The molecule has 74 valence electrons. The molecule has 2 heteroatoms. The summed E-state index contributed by atoms with van der Waals surface area (Å²) < 4.78 is 0. The molecule has 0 spiro atoms. The van der Waals surface area contributed by atoms with Gasteiger partial charge < -0.3 is 11.1 Å². The van der Waals surface area contributed by atoms with E-state index in [1.54, 1.807) is 0 Å². The Morgan fingerprint density at radius 3 is 1.92 bits per heavy atom. The molecule has 0 bridgehead atoms. The highest BCUT2D eigenvalue weighted by molar-refractivity contribution is 5.65. The maximum atomic E-state index is 5.57. The largest absolute Gasteiger partial charge is 0.397 e. The summed E-state index contributed by atoms with van der Waals surface area (Å²) in [7, 11) is 1.85. The Labute approximate surface area is 81.5 Å². The normalized spacial score (nSPS) is 7.00. The zero-order valence-corrected chi connectivity index (χ0v) is 8.80. The SMILES string of the molecule is C=C.CC.CNc1ccccc1N. The molecule has 0 heterocycles. The number of rotatable bonds is 1. The molecule has 2 nitrogen and oxygen atoms in total. The summed E-state index contributed by atoms with van der Waals surface area (Å²) in [4.78, 5) is 0. The lowest BCUT2D eigenvalue weighted by atomic mass is 10.3. The molecule has 0 radical (unpaired) electrons. The highest BCUT2D eigenvalue weighted by atomic mass is 14.8. The predicted octanol–water partition coefficient (Wildman–Crippen LogP) is 3.14. The second-order valence-electron chi connectivity index (χ2n) is 1.84. The van der Waals surface area contributed by atoms with E-state index in [-0.39, 0.29) is 0 Å². The van der Waals surface area contributed by atoms with E-state index in [9.17, 15) is 0 Å². The molecule has 0 saturated heterocycles. The van der Waals surface area contributed by atoms with Crippen molar-refractivity contribution in [2.45, 2.75) is 13.8 Å². The van der Waals surface area contributed by atoms with Crippen LogP contribution in [0.3, 0.4) is 0 Å². The second-order valence-corrected chi connectivity index (χ2v) is 1.84. The Bertz CT molecular complexity index is 209.